The molecular weight excluding hydrogens is 346 g/mol. The number of hydrogen-bond acceptors (Lipinski definition) is 6. The number of carbonyl (C=O) groups is 1. The summed E-state index contributed by atoms with van der Waals surface area (Å²) in [5.41, 5.74) is 2.28. The Morgan fingerprint density at radius 1 is 1.04 bits per heavy atom. The molecule has 1 saturated heterocycles. The van der Waals surface area contributed by atoms with Crippen LogP contribution in [-0.2, 0) is 9.53 Å². The van der Waals surface area contributed by atoms with E-state index in [1.807, 2.05) is 0 Å². The molecule has 0 amide bonds. The van der Waals surface area contributed by atoms with Gasteiger partial charge in [0, 0.05) is 17.7 Å². The molecule has 0 radical (unpaired) electrons. The minimum Gasteiger partial charge on any atom is -0.496 e. The molecule has 138 valence electrons. The van der Waals surface area contributed by atoms with Crippen molar-refractivity contribution in [3.05, 3.63) is 65.2 Å². The summed E-state index contributed by atoms with van der Waals surface area (Å²) in [4.78, 5) is 12.3. The van der Waals surface area contributed by atoms with Gasteiger partial charge in [-0.1, -0.05) is 18.7 Å². The Morgan fingerprint density at radius 3 is 2.11 bits per heavy atom. The molecule has 0 aromatic heterocycles. The van der Waals surface area contributed by atoms with Crippen molar-refractivity contribution in [1.82, 2.24) is 0 Å². The number of hydrogen-bond donors (Lipinski definition) is 0. The third-order valence-electron chi connectivity index (χ3n) is 4.61. The summed E-state index contributed by atoms with van der Waals surface area (Å²) >= 11 is 0. The quantitative estimate of drug-likeness (QED) is 0.596. The molecule has 2 aromatic carbocycles. The molecule has 0 N–H and O–H groups in total. The Hall–Kier alpha value is -3.46. The van der Waals surface area contributed by atoms with Gasteiger partial charge >= 0.3 is 5.97 Å². The van der Waals surface area contributed by atoms with Crippen molar-refractivity contribution in [2.75, 3.05) is 21.3 Å². The van der Waals surface area contributed by atoms with Gasteiger partial charge in [-0.05, 0) is 17.7 Å². The van der Waals surface area contributed by atoms with Gasteiger partial charge in [-0.2, -0.15) is 5.26 Å². The van der Waals surface area contributed by atoms with E-state index in [2.05, 4.69) is 12.6 Å². The third-order valence-corrected chi connectivity index (χ3v) is 4.61. The molecule has 1 fully saturated rings. The van der Waals surface area contributed by atoms with E-state index in [9.17, 15) is 4.79 Å². The Labute approximate surface area is 157 Å². The van der Waals surface area contributed by atoms with Crippen LogP contribution in [0.1, 0.15) is 28.7 Å². The number of rotatable bonds is 5. The van der Waals surface area contributed by atoms with Crippen LogP contribution in [0, 0.1) is 11.3 Å². The lowest BCUT2D eigenvalue weighted by Crippen LogP contribution is -2.10. The number of nitrogens with zero attached hydrogens (tertiary/aromatic N) is 1. The second-order valence-corrected chi connectivity index (χ2v) is 6.01. The molecule has 0 aliphatic carbocycles. The summed E-state index contributed by atoms with van der Waals surface area (Å²) in [7, 11) is 4.60. The van der Waals surface area contributed by atoms with Gasteiger partial charge in [-0.15, -0.1) is 0 Å². The highest BCUT2D eigenvalue weighted by Gasteiger charge is 2.43. The summed E-state index contributed by atoms with van der Waals surface area (Å²) in [6.07, 6.45) is -0.672. The van der Waals surface area contributed by atoms with Crippen LogP contribution in [0.15, 0.2) is 48.6 Å². The van der Waals surface area contributed by atoms with Crippen molar-refractivity contribution >= 4 is 5.97 Å². The van der Waals surface area contributed by atoms with Gasteiger partial charge < -0.3 is 18.9 Å². The molecule has 6 nitrogen and oxygen atoms in total. The highest BCUT2D eigenvalue weighted by Crippen LogP contribution is 2.51. The lowest BCUT2D eigenvalue weighted by atomic mass is 9.85. The molecule has 1 aliphatic heterocycles. The number of methoxy groups -OCH3 is 3. The highest BCUT2D eigenvalue weighted by molar-refractivity contribution is 5.92. The molecule has 1 aliphatic rings. The Balaban J connectivity index is 2.15. The number of ether oxygens (including phenoxy) is 4. The minimum absolute atomic E-state index is 0.338. The second kappa shape index (κ2) is 7.42. The van der Waals surface area contributed by atoms with Crippen LogP contribution in [0.3, 0.4) is 0 Å². The molecule has 2 aromatic rings. The van der Waals surface area contributed by atoms with Crippen molar-refractivity contribution in [3.8, 4) is 23.3 Å². The van der Waals surface area contributed by atoms with Crippen LogP contribution >= 0.6 is 0 Å². The van der Waals surface area contributed by atoms with Crippen molar-refractivity contribution < 1.29 is 23.7 Å². The van der Waals surface area contributed by atoms with Crippen molar-refractivity contribution in [2.24, 2.45) is 0 Å². The first-order valence-corrected chi connectivity index (χ1v) is 8.23. The molecule has 0 spiro atoms. The van der Waals surface area contributed by atoms with E-state index < -0.39 is 18.0 Å². The lowest BCUT2D eigenvalue weighted by Gasteiger charge is -2.23. The maximum Gasteiger partial charge on any atom is 0.334 e. The molecule has 0 saturated carbocycles. The molecule has 0 unspecified atom stereocenters. The van der Waals surface area contributed by atoms with Crippen LogP contribution in [0.25, 0.3) is 0 Å². The monoisotopic (exact) mass is 365 g/mol. The fourth-order valence-corrected chi connectivity index (χ4v) is 3.25. The standard InChI is InChI=1S/C21H19NO5/c1-12-18(14-7-5-13(11-22)6-8-14)20(27-21(12)23)19-16(25-3)9-15(24-2)10-17(19)26-4/h5-10,18,20H,1H2,2-4H3/t18-,20-/m0/s1. The van der Waals surface area contributed by atoms with Gasteiger partial charge in [0.1, 0.15) is 23.4 Å². The molecular formula is C21H19NO5. The van der Waals surface area contributed by atoms with E-state index in [-0.39, 0.29) is 0 Å². The van der Waals surface area contributed by atoms with E-state index in [1.165, 1.54) is 14.2 Å². The molecule has 6 heteroatoms. The fraction of sp³-hybridized carbons (Fsp3) is 0.238. The number of cyclic esters (lactones) is 1. The van der Waals surface area contributed by atoms with Crippen LogP contribution in [0.5, 0.6) is 17.2 Å². The average Bonchev–Trinajstić information content (AvgIpc) is 3.00. The zero-order valence-electron chi connectivity index (χ0n) is 15.3. The van der Waals surface area contributed by atoms with Gasteiger partial charge in [0.2, 0.25) is 0 Å². The SMILES string of the molecule is C=C1C(=O)O[C@H](c2c(OC)cc(OC)cc2OC)[C@@H]1c1ccc(C#N)cc1. The van der Waals surface area contributed by atoms with Gasteiger partial charge in [-0.3, -0.25) is 0 Å². The van der Waals surface area contributed by atoms with Crippen molar-refractivity contribution in [3.63, 3.8) is 0 Å². The molecule has 1 heterocycles. The third kappa shape index (κ3) is 3.20. The average molecular weight is 365 g/mol. The maximum atomic E-state index is 12.3. The van der Waals surface area contributed by atoms with Crippen LogP contribution in [0.2, 0.25) is 0 Å². The first-order valence-electron chi connectivity index (χ1n) is 8.23. The van der Waals surface area contributed by atoms with E-state index in [0.717, 1.165) is 5.56 Å². The van der Waals surface area contributed by atoms with Gasteiger partial charge in [0.05, 0.1) is 44.4 Å². The summed E-state index contributed by atoms with van der Waals surface area (Å²) in [6, 6.07) is 12.5. The molecule has 2 atom stereocenters. The van der Waals surface area contributed by atoms with Crippen LogP contribution < -0.4 is 14.2 Å². The Morgan fingerprint density at radius 2 is 1.63 bits per heavy atom. The van der Waals surface area contributed by atoms with Crippen molar-refractivity contribution in [2.45, 2.75) is 12.0 Å². The molecule has 3 rings (SSSR count). The normalized spacial score (nSPS) is 18.6. The van der Waals surface area contributed by atoms with Crippen LogP contribution in [0.4, 0.5) is 0 Å². The van der Waals surface area contributed by atoms with Crippen molar-refractivity contribution in [1.29, 1.82) is 5.26 Å². The predicted molar refractivity (Wildman–Crippen MR) is 98.0 cm³/mol. The molecule has 0 bridgehead atoms. The van der Waals surface area contributed by atoms with E-state index in [4.69, 9.17) is 24.2 Å². The highest BCUT2D eigenvalue weighted by atomic mass is 16.6. The van der Waals surface area contributed by atoms with E-state index in [0.29, 0.717) is 33.9 Å². The molecule has 27 heavy (non-hydrogen) atoms. The first kappa shape index (κ1) is 18.3. The Bertz CT molecular complexity index is 902. The zero-order chi connectivity index (χ0) is 19.6. The topological polar surface area (TPSA) is 77.8 Å². The van der Waals surface area contributed by atoms with Gasteiger partial charge in [0.25, 0.3) is 0 Å². The zero-order valence-corrected chi connectivity index (χ0v) is 15.3. The van der Waals surface area contributed by atoms with Gasteiger partial charge in [0.15, 0.2) is 0 Å². The fourth-order valence-electron chi connectivity index (χ4n) is 3.25. The van der Waals surface area contributed by atoms with E-state index in [1.54, 1.807) is 43.5 Å². The maximum absolute atomic E-state index is 12.3. The minimum atomic E-state index is -0.672. The number of carbonyl (C=O) groups excluding carboxylic acids is 1. The largest absolute Gasteiger partial charge is 0.496 e. The number of esters is 1. The van der Waals surface area contributed by atoms with Crippen LogP contribution in [-0.4, -0.2) is 27.3 Å². The number of benzene rings is 2. The van der Waals surface area contributed by atoms with Gasteiger partial charge in [-0.25, -0.2) is 4.79 Å². The Kier molecular flexibility index (Phi) is 5.04. The van der Waals surface area contributed by atoms with E-state index >= 15 is 0 Å². The smallest absolute Gasteiger partial charge is 0.334 e. The first-order chi connectivity index (χ1) is 13.0. The predicted octanol–water partition coefficient (Wildman–Crippen LogP) is 3.52. The number of nitriles is 1. The lowest BCUT2D eigenvalue weighted by molar-refractivity contribution is -0.139. The summed E-state index contributed by atoms with van der Waals surface area (Å²) in [6.45, 7) is 3.91. The second-order valence-electron chi connectivity index (χ2n) is 6.01. The summed E-state index contributed by atoms with van der Waals surface area (Å²) in [5, 5.41) is 9.01. The summed E-state index contributed by atoms with van der Waals surface area (Å²) in [5.74, 6) is 0.621. The summed E-state index contributed by atoms with van der Waals surface area (Å²) < 4.78 is 21.9.